The minimum atomic E-state index is -1.03. The van der Waals surface area contributed by atoms with Gasteiger partial charge in [0.05, 0.1) is 0 Å². The molecule has 10 heavy (non-hydrogen) atoms. The standard InChI is InChI=1S/C6H6Br2O2/c7-5-3-4(9)1-2-6(5,8)10/h1,3,9-10H,2H2. The third kappa shape index (κ3) is 1.62. The van der Waals surface area contributed by atoms with Crippen LogP contribution in [-0.2, 0) is 0 Å². The van der Waals surface area contributed by atoms with Crippen molar-refractivity contribution in [3.63, 3.8) is 0 Å². The van der Waals surface area contributed by atoms with Gasteiger partial charge in [-0.25, -0.2) is 0 Å². The van der Waals surface area contributed by atoms with E-state index in [0.29, 0.717) is 10.9 Å². The van der Waals surface area contributed by atoms with Gasteiger partial charge in [-0.1, -0.05) is 15.9 Å². The molecule has 0 aliphatic heterocycles. The smallest absolute Gasteiger partial charge is 0.155 e. The van der Waals surface area contributed by atoms with Crippen LogP contribution in [0.4, 0.5) is 0 Å². The molecule has 0 saturated heterocycles. The van der Waals surface area contributed by atoms with Gasteiger partial charge in [-0.3, -0.25) is 0 Å². The number of rotatable bonds is 0. The van der Waals surface area contributed by atoms with E-state index in [1.54, 1.807) is 6.08 Å². The summed E-state index contributed by atoms with van der Waals surface area (Å²) in [5, 5.41) is 18.3. The molecule has 1 aliphatic rings. The summed E-state index contributed by atoms with van der Waals surface area (Å²) in [5.74, 6) is 0.177. The fourth-order valence-electron chi connectivity index (χ4n) is 0.637. The molecular weight excluding hydrogens is 264 g/mol. The number of aliphatic hydroxyl groups is 2. The maximum atomic E-state index is 9.41. The van der Waals surface area contributed by atoms with Crippen molar-refractivity contribution in [1.29, 1.82) is 0 Å². The molecule has 0 saturated carbocycles. The highest BCUT2D eigenvalue weighted by Crippen LogP contribution is 2.36. The summed E-state index contributed by atoms with van der Waals surface area (Å²) in [4.78, 5) is 0. The normalized spacial score (nSPS) is 33.1. The second kappa shape index (κ2) is 2.68. The van der Waals surface area contributed by atoms with Gasteiger partial charge in [-0.2, -0.15) is 0 Å². The zero-order chi connectivity index (χ0) is 7.78. The molecule has 0 amide bonds. The second-order valence-electron chi connectivity index (χ2n) is 2.08. The number of alkyl halides is 1. The Kier molecular flexibility index (Phi) is 2.22. The number of aliphatic hydroxyl groups excluding tert-OH is 1. The molecule has 0 bridgehead atoms. The molecule has 1 rings (SSSR count). The van der Waals surface area contributed by atoms with E-state index in [2.05, 4.69) is 31.9 Å². The summed E-state index contributed by atoms with van der Waals surface area (Å²) in [6.07, 6.45) is 3.37. The Morgan fingerprint density at radius 1 is 1.60 bits per heavy atom. The SMILES string of the molecule is OC1=CCC(O)(Br)C(Br)=C1. The highest BCUT2D eigenvalue weighted by atomic mass is 79.9. The molecule has 1 unspecified atom stereocenters. The largest absolute Gasteiger partial charge is 0.508 e. The van der Waals surface area contributed by atoms with E-state index >= 15 is 0 Å². The minimum Gasteiger partial charge on any atom is -0.508 e. The average Bonchev–Trinajstić information content (AvgIpc) is 1.81. The van der Waals surface area contributed by atoms with Crippen molar-refractivity contribution in [2.45, 2.75) is 10.9 Å². The summed E-state index contributed by atoms with van der Waals surface area (Å²) >= 11 is 6.18. The first-order chi connectivity index (χ1) is 4.52. The molecule has 2 nitrogen and oxygen atoms in total. The van der Waals surface area contributed by atoms with Crippen LogP contribution in [0.15, 0.2) is 22.4 Å². The molecular formula is C6H6Br2O2. The van der Waals surface area contributed by atoms with Gasteiger partial charge in [0.1, 0.15) is 5.76 Å². The summed E-state index contributed by atoms with van der Waals surface area (Å²) in [6.45, 7) is 0. The highest BCUT2D eigenvalue weighted by molar-refractivity contribution is 9.14. The molecule has 2 N–H and O–H groups in total. The Bertz CT molecular complexity index is 206. The van der Waals surface area contributed by atoms with Crippen LogP contribution in [0.1, 0.15) is 6.42 Å². The van der Waals surface area contributed by atoms with Crippen molar-refractivity contribution in [3.05, 3.63) is 22.4 Å². The third-order valence-electron chi connectivity index (χ3n) is 1.22. The maximum absolute atomic E-state index is 9.41. The topological polar surface area (TPSA) is 40.5 Å². The van der Waals surface area contributed by atoms with E-state index in [4.69, 9.17) is 5.11 Å². The van der Waals surface area contributed by atoms with E-state index < -0.39 is 4.51 Å². The molecule has 0 heterocycles. The first kappa shape index (κ1) is 8.30. The lowest BCUT2D eigenvalue weighted by Crippen LogP contribution is -2.21. The van der Waals surface area contributed by atoms with Crippen molar-refractivity contribution in [2.75, 3.05) is 0 Å². The van der Waals surface area contributed by atoms with Crippen LogP contribution < -0.4 is 0 Å². The first-order valence-electron chi connectivity index (χ1n) is 2.70. The fourth-order valence-corrected chi connectivity index (χ4v) is 1.31. The van der Waals surface area contributed by atoms with Gasteiger partial charge in [0.25, 0.3) is 0 Å². The second-order valence-corrected chi connectivity index (χ2v) is 4.25. The first-order valence-corrected chi connectivity index (χ1v) is 4.29. The number of allylic oxidation sites excluding steroid dienone is 1. The van der Waals surface area contributed by atoms with Gasteiger partial charge < -0.3 is 10.2 Å². The van der Waals surface area contributed by atoms with E-state index in [-0.39, 0.29) is 5.76 Å². The molecule has 1 aliphatic carbocycles. The van der Waals surface area contributed by atoms with E-state index in [1.165, 1.54) is 6.08 Å². The monoisotopic (exact) mass is 268 g/mol. The molecule has 4 heteroatoms. The van der Waals surface area contributed by atoms with Crippen LogP contribution in [0.5, 0.6) is 0 Å². The van der Waals surface area contributed by atoms with Gasteiger partial charge in [0.15, 0.2) is 4.51 Å². The predicted octanol–water partition coefficient (Wildman–Crippen LogP) is 2.19. The molecule has 0 spiro atoms. The highest BCUT2D eigenvalue weighted by Gasteiger charge is 2.28. The molecule has 0 radical (unpaired) electrons. The van der Waals surface area contributed by atoms with Crippen molar-refractivity contribution >= 4 is 31.9 Å². The third-order valence-corrected chi connectivity index (χ3v) is 3.39. The Balaban J connectivity index is 2.88. The van der Waals surface area contributed by atoms with E-state index in [0.717, 1.165) is 0 Å². The van der Waals surface area contributed by atoms with Crippen molar-refractivity contribution in [2.24, 2.45) is 0 Å². The van der Waals surface area contributed by atoms with E-state index in [9.17, 15) is 5.11 Å². The molecule has 0 aromatic heterocycles. The summed E-state index contributed by atoms with van der Waals surface area (Å²) in [5.41, 5.74) is 0. The zero-order valence-corrected chi connectivity index (χ0v) is 8.18. The average molecular weight is 270 g/mol. The van der Waals surface area contributed by atoms with Crippen molar-refractivity contribution in [1.82, 2.24) is 0 Å². The Hall–Kier alpha value is 0.200. The molecule has 56 valence electrons. The number of hydrogen-bond acceptors (Lipinski definition) is 2. The molecule has 1 atom stereocenters. The van der Waals surface area contributed by atoms with Gasteiger partial charge in [-0.05, 0) is 28.1 Å². The summed E-state index contributed by atoms with van der Waals surface area (Å²) in [7, 11) is 0. The molecule has 0 aromatic carbocycles. The van der Waals surface area contributed by atoms with Crippen LogP contribution in [0.2, 0.25) is 0 Å². The van der Waals surface area contributed by atoms with Gasteiger partial charge >= 0.3 is 0 Å². The molecule has 0 aromatic rings. The Labute approximate surface area is 75.5 Å². The van der Waals surface area contributed by atoms with E-state index in [1.807, 2.05) is 0 Å². The van der Waals surface area contributed by atoms with Crippen LogP contribution >= 0.6 is 31.9 Å². The quantitative estimate of drug-likeness (QED) is 0.662. The maximum Gasteiger partial charge on any atom is 0.155 e. The summed E-state index contributed by atoms with van der Waals surface area (Å²) < 4.78 is -0.487. The number of hydrogen-bond donors (Lipinski definition) is 2. The Morgan fingerprint density at radius 3 is 2.60 bits per heavy atom. The van der Waals surface area contributed by atoms with Crippen molar-refractivity contribution < 1.29 is 10.2 Å². The lowest BCUT2D eigenvalue weighted by atomic mass is 10.1. The van der Waals surface area contributed by atoms with Crippen LogP contribution in [-0.4, -0.2) is 14.7 Å². The number of halogens is 2. The summed E-state index contributed by atoms with van der Waals surface area (Å²) in [6, 6.07) is 0. The van der Waals surface area contributed by atoms with Gasteiger partial charge in [-0.15, -0.1) is 0 Å². The molecule has 0 fully saturated rings. The van der Waals surface area contributed by atoms with Crippen LogP contribution in [0.25, 0.3) is 0 Å². The Morgan fingerprint density at radius 2 is 2.20 bits per heavy atom. The fraction of sp³-hybridized carbons (Fsp3) is 0.333. The predicted molar refractivity (Wildman–Crippen MR) is 46.2 cm³/mol. The van der Waals surface area contributed by atoms with Gasteiger partial charge in [0, 0.05) is 10.9 Å². The van der Waals surface area contributed by atoms with Gasteiger partial charge in [0.2, 0.25) is 0 Å². The van der Waals surface area contributed by atoms with Crippen LogP contribution in [0, 0.1) is 0 Å². The minimum absolute atomic E-state index is 0.177. The van der Waals surface area contributed by atoms with Crippen LogP contribution in [0.3, 0.4) is 0 Å². The lowest BCUT2D eigenvalue weighted by molar-refractivity contribution is 0.191. The zero-order valence-electron chi connectivity index (χ0n) is 5.01. The van der Waals surface area contributed by atoms with Crippen molar-refractivity contribution in [3.8, 4) is 0 Å². The lowest BCUT2D eigenvalue weighted by Gasteiger charge is -2.21.